The highest BCUT2D eigenvalue weighted by atomic mass is 127. The van der Waals surface area contributed by atoms with Crippen LogP contribution in [0, 0.1) is 0 Å². The first-order valence-electron chi connectivity index (χ1n) is 8.58. The number of hydrogen-bond donors (Lipinski definition) is 2. The lowest BCUT2D eigenvalue weighted by Crippen LogP contribution is -2.48. The second kappa shape index (κ2) is 12.1. The van der Waals surface area contributed by atoms with Gasteiger partial charge < -0.3 is 15.4 Å². The second-order valence-corrected chi connectivity index (χ2v) is 6.92. The van der Waals surface area contributed by atoms with E-state index >= 15 is 0 Å². The van der Waals surface area contributed by atoms with Crippen LogP contribution in [0.1, 0.15) is 37.6 Å². The molecular weight excluding hydrogens is 435 g/mol. The predicted octanol–water partition coefficient (Wildman–Crippen LogP) is 3.09. The smallest absolute Gasteiger partial charge is 0.191 e. The molecule has 1 aromatic rings. The van der Waals surface area contributed by atoms with E-state index in [0.717, 1.165) is 45.2 Å². The van der Waals surface area contributed by atoms with E-state index < -0.39 is 0 Å². The third-order valence-corrected chi connectivity index (χ3v) is 5.07. The van der Waals surface area contributed by atoms with Gasteiger partial charge in [-0.2, -0.15) is 0 Å². The van der Waals surface area contributed by atoms with Gasteiger partial charge in [-0.3, -0.25) is 9.89 Å². The minimum atomic E-state index is 0. The molecule has 2 unspecified atom stereocenters. The first-order valence-corrected chi connectivity index (χ1v) is 9.46. The summed E-state index contributed by atoms with van der Waals surface area (Å²) in [4.78, 5) is 8.25. The zero-order chi connectivity index (χ0) is 16.5. The third-order valence-electron chi connectivity index (χ3n) is 4.09. The highest BCUT2D eigenvalue weighted by Crippen LogP contribution is 2.26. The molecule has 138 valence electrons. The Balaban J connectivity index is 0.00000288. The highest BCUT2D eigenvalue weighted by Gasteiger charge is 2.26. The number of aliphatic imine (C=N–C) groups is 1. The molecule has 1 fully saturated rings. The summed E-state index contributed by atoms with van der Waals surface area (Å²) in [6.07, 6.45) is 2.65. The van der Waals surface area contributed by atoms with Crippen LogP contribution in [0.5, 0.6) is 0 Å². The largest absolute Gasteiger partial charge is 0.376 e. The van der Waals surface area contributed by atoms with Crippen molar-refractivity contribution in [3.8, 4) is 0 Å². The fourth-order valence-corrected chi connectivity index (χ4v) is 3.68. The average Bonchev–Trinajstić information content (AvgIpc) is 3.08. The normalized spacial score (nSPS) is 20.3. The van der Waals surface area contributed by atoms with E-state index in [2.05, 4.69) is 51.9 Å². The molecule has 1 saturated heterocycles. The van der Waals surface area contributed by atoms with E-state index in [-0.39, 0.29) is 24.0 Å². The van der Waals surface area contributed by atoms with Crippen molar-refractivity contribution in [1.29, 1.82) is 0 Å². The van der Waals surface area contributed by atoms with E-state index in [1.807, 2.05) is 18.4 Å². The molecule has 0 aromatic carbocycles. The molecule has 5 nitrogen and oxygen atoms in total. The van der Waals surface area contributed by atoms with Crippen LogP contribution >= 0.6 is 35.3 Å². The zero-order valence-corrected chi connectivity index (χ0v) is 18.1. The standard InChI is InChI=1S/C17H30N4OS.HI/c1-4-5-8-19-17(18-3)20-12-15(16-7-6-11-23-16)21-9-10-22-14(2)13-21;/h6-7,11,14-15H,4-5,8-10,12-13H2,1-3H3,(H2,18,19,20);1H. The fourth-order valence-electron chi connectivity index (χ4n) is 2.82. The summed E-state index contributed by atoms with van der Waals surface area (Å²) in [5, 5.41) is 9.03. The van der Waals surface area contributed by atoms with Gasteiger partial charge >= 0.3 is 0 Å². The first kappa shape index (κ1) is 21.7. The number of thiophene rings is 1. The maximum Gasteiger partial charge on any atom is 0.191 e. The molecule has 2 heterocycles. The molecule has 2 atom stereocenters. The van der Waals surface area contributed by atoms with Crippen LogP contribution in [-0.4, -0.2) is 56.8 Å². The molecule has 2 N–H and O–H groups in total. The Morgan fingerprint density at radius 2 is 2.33 bits per heavy atom. The van der Waals surface area contributed by atoms with Gasteiger partial charge in [0.1, 0.15) is 0 Å². The minimum Gasteiger partial charge on any atom is -0.376 e. The predicted molar refractivity (Wildman–Crippen MR) is 114 cm³/mol. The summed E-state index contributed by atoms with van der Waals surface area (Å²) in [7, 11) is 1.83. The monoisotopic (exact) mass is 466 g/mol. The summed E-state index contributed by atoms with van der Waals surface area (Å²) >= 11 is 1.82. The number of rotatable bonds is 7. The van der Waals surface area contributed by atoms with Gasteiger partial charge in [0.2, 0.25) is 0 Å². The lowest BCUT2D eigenvalue weighted by atomic mass is 10.1. The molecule has 1 aliphatic rings. The van der Waals surface area contributed by atoms with E-state index in [1.165, 1.54) is 11.3 Å². The molecule has 7 heteroatoms. The Bertz CT molecular complexity index is 469. The lowest BCUT2D eigenvalue weighted by Gasteiger charge is -2.37. The molecule has 0 amide bonds. The van der Waals surface area contributed by atoms with Crippen molar-refractivity contribution >= 4 is 41.3 Å². The van der Waals surface area contributed by atoms with E-state index in [4.69, 9.17) is 4.74 Å². The number of unbranched alkanes of at least 4 members (excludes halogenated alkanes) is 1. The van der Waals surface area contributed by atoms with Crippen molar-refractivity contribution in [2.24, 2.45) is 4.99 Å². The van der Waals surface area contributed by atoms with Crippen molar-refractivity contribution in [2.75, 3.05) is 39.8 Å². The van der Waals surface area contributed by atoms with Gasteiger partial charge in [0.25, 0.3) is 0 Å². The molecule has 0 radical (unpaired) electrons. The highest BCUT2D eigenvalue weighted by molar-refractivity contribution is 14.0. The molecule has 1 aliphatic heterocycles. The number of nitrogens with one attached hydrogen (secondary N) is 2. The van der Waals surface area contributed by atoms with Gasteiger partial charge in [0.15, 0.2) is 5.96 Å². The number of guanidine groups is 1. The Morgan fingerprint density at radius 3 is 2.96 bits per heavy atom. The molecular formula is C17H31IN4OS. The number of morpholine rings is 1. The van der Waals surface area contributed by atoms with Crippen molar-refractivity contribution in [2.45, 2.75) is 38.8 Å². The summed E-state index contributed by atoms with van der Waals surface area (Å²) in [5.74, 6) is 0.890. The Morgan fingerprint density at radius 1 is 1.50 bits per heavy atom. The van der Waals surface area contributed by atoms with Gasteiger partial charge in [-0.15, -0.1) is 35.3 Å². The molecule has 2 rings (SSSR count). The quantitative estimate of drug-likeness (QED) is 0.281. The van der Waals surface area contributed by atoms with E-state index in [1.54, 1.807) is 0 Å². The van der Waals surface area contributed by atoms with Crippen LogP contribution in [0.3, 0.4) is 0 Å². The van der Waals surface area contributed by atoms with Gasteiger partial charge in [-0.05, 0) is 24.8 Å². The number of nitrogens with zero attached hydrogens (tertiary/aromatic N) is 2. The Labute approximate surface area is 167 Å². The van der Waals surface area contributed by atoms with Gasteiger partial charge in [0.05, 0.1) is 18.8 Å². The average molecular weight is 466 g/mol. The lowest BCUT2D eigenvalue weighted by molar-refractivity contribution is -0.0334. The summed E-state index contributed by atoms with van der Waals surface area (Å²) in [5.41, 5.74) is 0. The molecule has 0 saturated carbocycles. The topological polar surface area (TPSA) is 48.9 Å². The van der Waals surface area contributed by atoms with E-state index in [9.17, 15) is 0 Å². The van der Waals surface area contributed by atoms with Crippen LogP contribution in [0.4, 0.5) is 0 Å². The Kier molecular flexibility index (Phi) is 10.9. The molecule has 0 aliphatic carbocycles. The summed E-state index contributed by atoms with van der Waals surface area (Å²) in [6.45, 7) is 8.95. The van der Waals surface area contributed by atoms with Crippen molar-refractivity contribution < 1.29 is 4.74 Å². The molecule has 24 heavy (non-hydrogen) atoms. The van der Waals surface area contributed by atoms with Crippen LogP contribution in [0.15, 0.2) is 22.5 Å². The summed E-state index contributed by atoms with van der Waals surface area (Å²) < 4.78 is 5.69. The van der Waals surface area contributed by atoms with Crippen LogP contribution in [0.2, 0.25) is 0 Å². The number of hydrogen-bond acceptors (Lipinski definition) is 4. The van der Waals surface area contributed by atoms with Crippen molar-refractivity contribution in [3.63, 3.8) is 0 Å². The SMILES string of the molecule is CCCCNC(=NC)NCC(c1cccs1)N1CCOC(C)C1.I. The third kappa shape index (κ3) is 6.85. The summed E-state index contributed by atoms with van der Waals surface area (Å²) in [6, 6.07) is 4.72. The minimum absolute atomic E-state index is 0. The number of ether oxygens (including phenoxy) is 1. The van der Waals surface area contributed by atoms with Crippen LogP contribution < -0.4 is 10.6 Å². The first-order chi connectivity index (χ1) is 11.2. The molecule has 0 spiro atoms. The number of halogens is 1. The van der Waals surface area contributed by atoms with Crippen LogP contribution in [0.25, 0.3) is 0 Å². The maximum absolute atomic E-state index is 5.69. The fraction of sp³-hybridized carbons (Fsp3) is 0.706. The van der Waals surface area contributed by atoms with Gasteiger partial charge in [-0.1, -0.05) is 19.4 Å². The van der Waals surface area contributed by atoms with Gasteiger partial charge in [-0.25, -0.2) is 0 Å². The molecule has 0 bridgehead atoms. The zero-order valence-electron chi connectivity index (χ0n) is 15.0. The van der Waals surface area contributed by atoms with Crippen molar-refractivity contribution in [3.05, 3.63) is 22.4 Å². The van der Waals surface area contributed by atoms with E-state index in [0.29, 0.717) is 12.1 Å². The van der Waals surface area contributed by atoms with Crippen molar-refractivity contribution in [1.82, 2.24) is 15.5 Å². The second-order valence-electron chi connectivity index (χ2n) is 5.94. The Hall–Kier alpha value is -0.380. The molecule has 1 aromatic heterocycles. The van der Waals surface area contributed by atoms with Gasteiger partial charge in [0, 0.05) is 38.1 Å². The maximum atomic E-state index is 5.69. The van der Waals surface area contributed by atoms with Crippen LogP contribution in [-0.2, 0) is 4.74 Å².